The number of morpholine rings is 1. The normalized spacial score (nSPS) is 16.1. The van der Waals surface area contributed by atoms with E-state index in [4.69, 9.17) is 4.74 Å². The fourth-order valence-electron chi connectivity index (χ4n) is 2.73. The largest absolute Gasteiger partial charge is 0.480 e. The zero-order valence-corrected chi connectivity index (χ0v) is 16.5. The topological polar surface area (TPSA) is 121 Å². The summed E-state index contributed by atoms with van der Waals surface area (Å²) in [7, 11) is -4.01. The number of carbonyl (C=O) groups is 1. The zero-order valence-electron chi connectivity index (χ0n) is 15.6. The van der Waals surface area contributed by atoms with Crippen LogP contribution in [0.5, 0.6) is 0 Å². The van der Waals surface area contributed by atoms with Crippen LogP contribution >= 0.6 is 0 Å². The summed E-state index contributed by atoms with van der Waals surface area (Å²) in [6.07, 6.45) is 0.0429. The molecule has 1 aliphatic rings. The molecule has 0 unspecified atom stereocenters. The molecule has 9 nitrogen and oxygen atoms in total. The van der Waals surface area contributed by atoms with Crippen LogP contribution in [0.25, 0.3) is 0 Å². The van der Waals surface area contributed by atoms with Gasteiger partial charge in [0.15, 0.2) is 0 Å². The van der Waals surface area contributed by atoms with Crippen LogP contribution in [0.1, 0.15) is 5.56 Å². The van der Waals surface area contributed by atoms with Gasteiger partial charge in [-0.05, 0) is 36.2 Å². The number of ether oxygens (including phenoxy) is 1. The van der Waals surface area contributed by atoms with Crippen LogP contribution < -0.4 is 4.72 Å². The number of nitrogens with zero attached hydrogens (tertiary/aromatic N) is 3. The minimum atomic E-state index is -4.01. The van der Waals surface area contributed by atoms with Crippen LogP contribution in [0.2, 0.25) is 0 Å². The second-order valence-corrected chi connectivity index (χ2v) is 8.17. The Morgan fingerprint density at radius 3 is 2.38 bits per heavy atom. The number of hydrogen-bond donors (Lipinski definition) is 2. The Kier molecular flexibility index (Phi) is 6.91. The van der Waals surface area contributed by atoms with Crippen LogP contribution in [0.15, 0.2) is 69.8 Å². The quantitative estimate of drug-likeness (QED) is 0.633. The van der Waals surface area contributed by atoms with Gasteiger partial charge in [0.2, 0.25) is 10.0 Å². The predicted molar refractivity (Wildman–Crippen MR) is 105 cm³/mol. The first-order valence-corrected chi connectivity index (χ1v) is 10.6. The van der Waals surface area contributed by atoms with Crippen molar-refractivity contribution in [3.63, 3.8) is 0 Å². The van der Waals surface area contributed by atoms with E-state index in [2.05, 4.69) is 15.1 Å². The molecule has 3 rings (SSSR count). The average Bonchev–Trinajstić information content (AvgIpc) is 2.73. The van der Waals surface area contributed by atoms with Crippen molar-refractivity contribution in [2.24, 2.45) is 10.3 Å². The van der Waals surface area contributed by atoms with Gasteiger partial charge in [0.25, 0.3) is 0 Å². The summed E-state index contributed by atoms with van der Waals surface area (Å²) in [5.74, 6) is -1.24. The summed E-state index contributed by atoms with van der Waals surface area (Å²) in [5, 5.41) is 19.4. The molecule has 1 fully saturated rings. The monoisotopic (exact) mass is 418 g/mol. The average molecular weight is 418 g/mol. The van der Waals surface area contributed by atoms with Crippen molar-refractivity contribution in [2.75, 3.05) is 26.3 Å². The van der Waals surface area contributed by atoms with E-state index in [1.807, 2.05) is 0 Å². The first-order chi connectivity index (χ1) is 13.9. The van der Waals surface area contributed by atoms with Crippen LogP contribution in [0.4, 0.5) is 5.69 Å². The maximum Gasteiger partial charge on any atom is 0.322 e. The predicted octanol–water partition coefficient (Wildman–Crippen LogP) is 1.99. The van der Waals surface area contributed by atoms with Gasteiger partial charge in [-0.15, -0.1) is 5.11 Å². The van der Waals surface area contributed by atoms with Crippen molar-refractivity contribution in [1.82, 2.24) is 9.73 Å². The third kappa shape index (κ3) is 6.08. The molecule has 0 radical (unpaired) electrons. The maximum absolute atomic E-state index is 12.6. The van der Waals surface area contributed by atoms with Gasteiger partial charge in [-0.25, -0.2) is 8.42 Å². The smallest absolute Gasteiger partial charge is 0.322 e. The summed E-state index contributed by atoms with van der Waals surface area (Å²) < 4.78 is 32.7. The van der Waals surface area contributed by atoms with E-state index in [1.165, 1.54) is 24.3 Å². The Bertz CT molecular complexity index is 942. The first kappa shape index (κ1) is 20.9. The van der Waals surface area contributed by atoms with E-state index in [0.29, 0.717) is 32.0 Å². The SMILES string of the molecule is O=C(O)[C@@H](Cc1ccccc1)NS(=O)(=O)c1ccc(N=NN2CCOCC2)cc1. The molecule has 0 spiro atoms. The van der Waals surface area contributed by atoms with Gasteiger partial charge in [0.05, 0.1) is 36.9 Å². The maximum atomic E-state index is 12.6. The molecule has 29 heavy (non-hydrogen) atoms. The highest BCUT2D eigenvalue weighted by molar-refractivity contribution is 7.89. The van der Waals surface area contributed by atoms with E-state index in [1.54, 1.807) is 35.3 Å². The minimum Gasteiger partial charge on any atom is -0.480 e. The molecule has 154 valence electrons. The highest BCUT2D eigenvalue weighted by Crippen LogP contribution is 2.18. The molecule has 0 aliphatic carbocycles. The van der Waals surface area contributed by atoms with Gasteiger partial charge in [-0.2, -0.15) is 4.72 Å². The van der Waals surface area contributed by atoms with Crippen molar-refractivity contribution >= 4 is 21.7 Å². The lowest BCUT2D eigenvalue weighted by Gasteiger charge is -2.22. The fourth-order valence-corrected chi connectivity index (χ4v) is 3.92. The summed E-state index contributed by atoms with van der Waals surface area (Å²) in [6.45, 7) is 2.49. The van der Waals surface area contributed by atoms with Gasteiger partial charge in [0, 0.05) is 0 Å². The molecule has 0 saturated carbocycles. The molecule has 1 saturated heterocycles. The third-order valence-corrected chi connectivity index (χ3v) is 5.79. The Balaban J connectivity index is 1.67. The lowest BCUT2D eigenvalue weighted by molar-refractivity contribution is -0.138. The van der Waals surface area contributed by atoms with Crippen LogP contribution in [-0.2, 0) is 26.0 Å². The lowest BCUT2D eigenvalue weighted by atomic mass is 10.1. The number of nitrogens with one attached hydrogen (secondary N) is 1. The number of benzene rings is 2. The number of carboxylic acid groups (broad SMARTS) is 1. The van der Waals surface area contributed by atoms with Crippen molar-refractivity contribution in [3.05, 3.63) is 60.2 Å². The minimum absolute atomic E-state index is 0.0397. The number of sulfonamides is 1. The number of hydrogen-bond acceptors (Lipinski definition) is 6. The molecule has 1 atom stereocenters. The van der Waals surface area contributed by atoms with E-state index in [9.17, 15) is 18.3 Å². The highest BCUT2D eigenvalue weighted by atomic mass is 32.2. The van der Waals surface area contributed by atoms with Crippen LogP contribution in [0, 0.1) is 0 Å². The Morgan fingerprint density at radius 1 is 1.10 bits per heavy atom. The molecule has 1 heterocycles. The summed E-state index contributed by atoms with van der Waals surface area (Å²) in [5.41, 5.74) is 1.22. The molecule has 2 N–H and O–H groups in total. The molecule has 0 aromatic heterocycles. The molecule has 10 heteroatoms. The van der Waals surface area contributed by atoms with Gasteiger partial charge in [0.1, 0.15) is 6.04 Å². The number of rotatable bonds is 8. The zero-order chi connectivity index (χ0) is 20.7. The molecule has 0 bridgehead atoms. The van der Waals surface area contributed by atoms with E-state index < -0.39 is 22.0 Å². The van der Waals surface area contributed by atoms with Crippen molar-refractivity contribution < 1.29 is 23.1 Å². The van der Waals surface area contributed by atoms with Crippen molar-refractivity contribution in [3.8, 4) is 0 Å². The van der Waals surface area contributed by atoms with E-state index in [0.717, 1.165) is 5.56 Å². The summed E-state index contributed by atoms with van der Waals surface area (Å²) in [4.78, 5) is 11.5. The van der Waals surface area contributed by atoms with Gasteiger partial charge < -0.3 is 9.84 Å². The molecule has 2 aromatic carbocycles. The highest BCUT2D eigenvalue weighted by Gasteiger charge is 2.25. The molecular weight excluding hydrogens is 396 g/mol. The van der Waals surface area contributed by atoms with Crippen molar-refractivity contribution in [2.45, 2.75) is 17.4 Å². The number of carboxylic acids is 1. The molecule has 0 amide bonds. The summed E-state index contributed by atoms with van der Waals surface area (Å²) in [6, 6.07) is 13.4. The van der Waals surface area contributed by atoms with Crippen molar-refractivity contribution in [1.29, 1.82) is 0 Å². The second-order valence-electron chi connectivity index (χ2n) is 6.45. The van der Waals surface area contributed by atoms with Gasteiger partial charge in [-0.1, -0.05) is 35.6 Å². The molecule has 2 aromatic rings. The summed E-state index contributed by atoms with van der Waals surface area (Å²) >= 11 is 0. The second kappa shape index (κ2) is 9.59. The standard InChI is InChI=1S/C19H22N4O5S/c24-19(25)18(14-15-4-2-1-3-5-15)21-29(26,27)17-8-6-16(7-9-17)20-22-23-10-12-28-13-11-23/h1-9,18,21H,10-14H2,(H,24,25)/t18-/m1/s1. The third-order valence-electron chi connectivity index (χ3n) is 4.30. The Morgan fingerprint density at radius 2 is 1.76 bits per heavy atom. The van der Waals surface area contributed by atoms with Crippen LogP contribution in [0.3, 0.4) is 0 Å². The Hall–Kier alpha value is -2.82. The Labute approximate surface area is 169 Å². The molecular formula is C19H22N4O5S. The lowest BCUT2D eigenvalue weighted by Crippen LogP contribution is -2.42. The van der Waals surface area contributed by atoms with Gasteiger partial charge >= 0.3 is 5.97 Å². The van der Waals surface area contributed by atoms with Crippen LogP contribution in [-0.4, -0.2) is 56.8 Å². The fraction of sp³-hybridized carbons (Fsp3) is 0.316. The van der Waals surface area contributed by atoms with E-state index in [-0.39, 0.29) is 11.3 Å². The number of aliphatic carboxylic acids is 1. The molecule has 1 aliphatic heterocycles. The van der Waals surface area contributed by atoms with E-state index >= 15 is 0 Å². The first-order valence-electron chi connectivity index (χ1n) is 9.07. The van der Waals surface area contributed by atoms with Gasteiger partial charge in [-0.3, -0.25) is 9.80 Å².